The van der Waals surface area contributed by atoms with Crippen molar-refractivity contribution in [2.24, 2.45) is 15.9 Å². The first-order chi connectivity index (χ1) is 28.7. The number of aliphatic imine (C=N–C) groups is 2. The molecule has 0 spiro atoms. The van der Waals surface area contributed by atoms with Crippen molar-refractivity contribution in [3.8, 4) is 22.3 Å². The molecule has 0 amide bonds. The quantitative estimate of drug-likeness (QED) is 0.156. The Morgan fingerprint density at radius 3 is 1.64 bits per heavy atom. The second-order valence-electron chi connectivity index (χ2n) is 15.2. The van der Waals surface area contributed by atoms with Crippen LogP contribution in [-0.2, 0) is 0 Å². The maximum Gasteiger partial charge on any atom is 0.160 e. The van der Waals surface area contributed by atoms with E-state index >= 15 is 0 Å². The van der Waals surface area contributed by atoms with Gasteiger partial charge in [-0.1, -0.05) is 165 Å². The molecule has 274 valence electrons. The number of benzene rings is 9. The third kappa shape index (κ3) is 5.83. The number of rotatable bonds is 6. The molecule has 9 aromatic carbocycles. The molecule has 0 aliphatic carbocycles. The highest BCUT2D eigenvalue weighted by molar-refractivity contribution is 6.26. The zero-order valence-corrected chi connectivity index (χ0v) is 32.1. The Morgan fingerprint density at radius 2 is 0.897 bits per heavy atom. The number of para-hydroxylation sites is 1. The first-order valence-electron chi connectivity index (χ1n) is 20.1. The number of allylic oxidation sites excluding steroid dienone is 1. The second kappa shape index (κ2) is 14.0. The van der Waals surface area contributed by atoms with Crippen molar-refractivity contribution in [1.82, 2.24) is 0 Å². The Hall–Kier alpha value is -7.36. The van der Waals surface area contributed by atoms with Gasteiger partial charge in [0, 0.05) is 27.8 Å². The summed E-state index contributed by atoms with van der Waals surface area (Å²) in [5, 5.41) is 9.69. The topological polar surface area (TPSA) is 37.9 Å². The van der Waals surface area contributed by atoms with Gasteiger partial charge in [0.25, 0.3) is 0 Å². The molecule has 58 heavy (non-hydrogen) atoms. The monoisotopic (exact) mass is 742 g/mol. The number of hydrogen-bond donors (Lipinski definition) is 0. The molecule has 10 aromatic rings. The number of fused-ring (bicyclic) bond motifs is 9. The molecule has 0 unspecified atom stereocenters. The molecule has 0 radical (unpaired) electrons. The van der Waals surface area contributed by atoms with Gasteiger partial charge in [-0.05, 0) is 103 Å². The van der Waals surface area contributed by atoms with Gasteiger partial charge in [0.15, 0.2) is 5.84 Å². The van der Waals surface area contributed by atoms with Gasteiger partial charge in [0.1, 0.15) is 11.2 Å². The largest absolute Gasteiger partial charge is 0.456 e. The maximum atomic E-state index is 6.24. The van der Waals surface area contributed by atoms with Crippen LogP contribution in [0.4, 0.5) is 0 Å². The molecule has 0 N–H and O–H groups in total. The van der Waals surface area contributed by atoms with E-state index in [0.717, 1.165) is 73.1 Å². The van der Waals surface area contributed by atoms with Crippen LogP contribution < -0.4 is 0 Å². The van der Waals surface area contributed by atoms with Crippen LogP contribution in [-0.4, -0.2) is 11.5 Å². The van der Waals surface area contributed by atoms with Crippen molar-refractivity contribution in [3.63, 3.8) is 0 Å². The van der Waals surface area contributed by atoms with E-state index in [2.05, 4.69) is 189 Å². The lowest BCUT2D eigenvalue weighted by atomic mass is 9.91. The lowest BCUT2D eigenvalue weighted by Gasteiger charge is -2.15. The van der Waals surface area contributed by atoms with Crippen molar-refractivity contribution < 1.29 is 4.42 Å². The fraction of sp³-hybridized carbons (Fsp3) is 0.0545. The van der Waals surface area contributed by atoms with Crippen LogP contribution in [0.3, 0.4) is 0 Å². The third-order valence-corrected chi connectivity index (χ3v) is 11.8. The molecular formula is C55H38N2O. The van der Waals surface area contributed by atoms with Crippen LogP contribution in [0.2, 0.25) is 0 Å². The van der Waals surface area contributed by atoms with E-state index in [1.807, 2.05) is 12.1 Å². The molecule has 1 atom stereocenters. The Kier molecular flexibility index (Phi) is 8.18. The summed E-state index contributed by atoms with van der Waals surface area (Å²) in [6.07, 6.45) is 3.20. The summed E-state index contributed by atoms with van der Waals surface area (Å²) in [6.45, 7) is 2.24. The Labute approximate surface area is 337 Å². The lowest BCUT2D eigenvalue weighted by Crippen LogP contribution is -2.15. The van der Waals surface area contributed by atoms with E-state index < -0.39 is 0 Å². The van der Waals surface area contributed by atoms with Crippen LogP contribution in [0.15, 0.2) is 209 Å². The minimum Gasteiger partial charge on any atom is -0.456 e. The van der Waals surface area contributed by atoms with E-state index in [-0.39, 0.29) is 5.92 Å². The Bertz CT molecular complexity index is 3280. The van der Waals surface area contributed by atoms with E-state index in [4.69, 9.17) is 14.4 Å². The summed E-state index contributed by atoms with van der Waals surface area (Å²) >= 11 is 0. The van der Waals surface area contributed by atoms with Gasteiger partial charge in [-0.25, -0.2) is 9.98 Å². The SMILES string of the molecule is CC[C@H]1C=C(c2cccc(-c3ccccc3)c2)N=C(c2ccc3c4ccccc4c4ccccc4c3c2)N=C1c1ccc(-c2ccc3c(c2)oc2ccccc23)cc1. The summed E-state index contributed by atoms with van der Waals surface area (Å²) in [6, 6.07) is 67.1. The van der Waals surface area contributed by atoms with Gasteiger partial charge in [0.2, 0.25) is 0 Å². The average molecular weight is 743 g/mol. The highest BCUT2D eigenvalue weighted by Gasteiger charge is 2.22. The molecule has 0 fully saturated rings. The van der Waals surface area contributed by atoms with E-state index in [1.165, 1.54) is 37.9 Å². The summed E-state index contributed by atoms with van der Waals surface area (Å²) in [4.78, 5) is 11.0. The summed E-state index contributed by atoms with van der Waals surface area (Å²) < 4.78 is 6.24. The fourth-order valence-electron chi connectivity index (χ4n) is 8.80. The summed E-state index contributed by atoms with van der Waals surface area (Å²) in [5.74, 6) is 0.750. The van der Waals surface area contributed by atoms with Gasteiger partial charge >= 0.3 is 0 Å². The summed E-state index contributed by atoms with van der Waals surface area (Å²) in [7, 11) is 0. The van der Waals surface area contributed by atoms with Gasteiger partial charge < -0.3 is 4.42 Å². The van der Waals surface area contributed by atoms with E-state index in [1.54, 1.807) is 0 Å². The van der Waals surface area contributed by atoms with Crippen LogP contribution in [0.25, 0.3) is 82.2 Å². The number of nitrogens with zero attached hydrogens (tertiary/aromatic N) is 2. The Morgan fingerprint density at radius 1 is 0.379 bits per heavy atom. The molecule has 1 aliphatic heterocycles. The molecule has 0 saturated heterocycles. The zero-order valence-electron chi connectivity index (χ0n) is 32.1. The number of amidine groups is 1. The predicted octanol–water partition coefficient (Wildman–Crippen LogP) is 14.7. The first kappa shape index (κ1) is 33.9. The van der Waals surface area contributed by atoms with Crippen LogP contribution in [0.5, 0.6) is 0 Å². The fourth-order valence-corrected chi connectivity index (χ4v) is 8.80. The highest BCUT2D eigenvalue weighted by Crippen LogP contribution is 2.37. The second-order valence-corrected chi connectivity index (χ2v) is 15.2. The molecule has 3 nitrogen and oxygen atoms in total. The zero-order chi connectivity index (χ0) is 38.6. The average Bonchev–Trinajstić information content (AvgIpc) is 3.55. The van der Waals surface area contributed by atoms with Crippen LogP contribution in [0, 0.1) is 5.92 Å². The highest BCUT2D eigenvalue weighted by atomic mass is 16.3. The minimum atomic E-state index is 0.0413. The minimum absolute atomic E-state index is 0.0413. The lowest BCUT2D eigenvalue weighted by molar-refractivity contribution is 0.669. The van der Waals surface area contributed by atoms with Gasteiger partial charge in [-0.3, -0.25) is 0 Å². The molecule has 0 bridgehead atoms. The third-order valence-electron chi connectivity index (χ3n) is 11.8. The number of hydrogen-bond acceptors (Lipinski definition) is 3. The van der Waals surface area contributed by atoms with Crippen molar-refractivity contribution in [2.45, 2.75) is 13.3 Å². The van der Waals surface area contributed by atoms with Gasteiger partial charge in [0.05, 0.1) is 11.4 Å². The molecule has 1 aliphatic rings. The standard InChI is InChI=1S/C55H38N2O/c1-2-35-33-51(41-16-12-15-39(31-41)36-13-4-3-5-14-36)56-55(42-28-29-47-45-19-7-6-17-43(45)44-18-8-9-20-46(44)50(47)32-42)57-54(35)38-25-23-37(24-26-38)40-27-30-49-48-21-10-11-22-52(48)58-53(49)34-40/h3-35H,2H2,1H3/t35-/m0/s1. The Balaban J connectivity index is 1.06. The van der Waals surface area contributed by atoms with Crippen molar-refractivity contribution in [3.05, 3.63) is 211 Å². The molecule has 0 saturated carbocycles. The van der Waals surface area contributed by atoms with Crippen molar-refractivity contribution in [1.29, 1.82) is 0 Å². The number of furan rings is 1. The van der Waals surface area contributed by atoms with Crippen molar-refractivity contribution >= 4 is 71.5 Å². The van der Waals surface area contributed by atoms with E-state index in [9.17, 15) is 0 Å². The predicted molar refractivity (Wildman–Crippen MR) is 245 cm³/mol. The van der Waals surface area contributed by atoms with Crippen LogP contribution in [0.1, 0.15) is 30.0 Å². The molecule has 2 heterocycles. The first-order valence-corrected chi connectivity index (χ1v) is 20.1. The molecular weight excluding hydrogens is 705 g/mol. The van der Waals surface area contributed by atoms with Crippen molar-refractivity contribution in [2.75, 3.05) is 0 Å². The smallest absolute Gasteiger partial charge is 0.160 e. The van der Waals surface area contributed by atoms with Crippen LogP contribution >= 0.6 is 0 Å². The summed E-state index contributed by atoms with van der Waals surface area (Å²) in [5.41, 5.74) is 11.5. The molecule has 11 rings (SSSR count). The maximum absolute atomic E-state index is 6.24. The van der Waals surface area contributed by atoms with Gasteiger partial charge in [-0.2, -0.15) is 0 Å². The van der Waals surface area contributed by atoms with Gasteiger partial charge in [-0.15, -0.1) is 0 Å². The van der Waals surface area contributed by atoms with E-state index in [0.29, 0.717) is 5.84 Å². The normalized spacial score (nSPS) is 14.5. The molecule has 3 heteroatoms. The molecule has 1 aromatic heterocycles.